The molecule has 24 heavy (non-hydrogen) atoms. The van der Waals surface area contributed by atoms with E-state index in [4.69, 9.17) is 4.74 Å². The molecule has 2 saturated heterocycles. The molecule has 2 fully saturated rings. The van der Waals surface area contributed by atoms with Crippen LogP contribution in [0.4, 0.5) is 0 Å². The molecule has 0 aromatic carbocycles. The van der Waals surface area contributed by atoms with Crippen LogP contribution in [0.2, 0.25) is 0 Å². The summed E-state index contributed by atoms with van der Waals surface area (Å²) in [5.74, 6) is 1.51. The van der Waals surface area contributed by atoms with Crippen molar-refractivity contribution < 1.29 is 9.53 Å². The monoisotopic (exact) mass is 383 g/mol. The molecule has 0 bridgehead atoms. The smallest absolute Gasteiger partial charge is 0.228 e. The van der Waals surface area contributed by atoms with Crippen molar-refractivity contribution in [1.29, 1.82) is 0 Å². The first-order valence-electron chi connectivity index (χ1n) is 8.76. The zero-order valence-corrected chi connectivity index (χ0v) is 16.9. The minimum atomic E-state index is -0.323. The zero-order chi connectivity index (χ0) is 16.0. The Morgan fingerprint density at radius 1 is 1.33 bits per heavy atom. The number of methoxy groups -OCH3 is 1. The predicted molar refractivity (Wildman–Crippen MR) is 103 cm³/mol. The predicted octanol–water partition coefficient (Wildman–Crippen LogP) is 1.94. The van der Waals surface area contributed by atoms with Crippen molar-refractivity contribution in [3.8, 4) is 0 Å². The van der Waals surface area contributed by atoms with Crippen LogP contribution in [0.25, 0.3) is 0 Å². The summed E-state index contributed by atoms with van der Waals surface area (Å²) >= 11 is 0. The highest BCUT2D eigenvalue weighted by Crippen LogP contribution is 2.29. The van der Waals surface area contributed by atoms with Crippen LogP contribution in [0, 0.1) is 17.3 Å². The Morgan fingerprint density at radius 3 is 2.58 bits per heavy atom. The Kier molecular flexibility index (Phi) is 11.5. The Bertz CT molecular complexity index is 358. The van der Waals surface area contributed by atoms with Crippen LogP contribution in [-0.2, 0) is 9.53 Å². The molecule has 144 valence electrons. The average Bonchev–Trinajstić information content (AvgIpc) is 2.92. The number of nitrogens with zero attached hydrogens (tertiary/aromatic N) is 1. The maximum atomic E-state index is 12.7. The molecule has 1 amide bonds. The fraction of sp³-hybridized carbons (Fsp3) is 0.941. The lowest BCUT2D eigenvalue weighted by Gasteiger charge is -2.35. The van der Waals surface area contributed by atoms with Gasteiger partial charge in [-0.05, 0) is 50.7 Å². The van der Waals surface area contributed by atoms with Crippen molar-refractivity contribution in [3.05, 3.63) is 0 Å². The second-order valence-electron chi connectivity index (χ2n) is 7.48. The number of likely N-dealkylation sites (tertiary alicyclic amines) is 1. The molecule has 0 radical (unpaired) electrons. The fourth-order valence-electron chi connectivity index (χ4n) is 3.80. The molecule has 0 saturated carbocycles. The molecule has 2 aliphatic rings. The number of carbonyl (C=O) groups is 1. The summed E-state index contributed by atoms with van der Waals surface area (Å²) in [6.45, 7) is 11.1. The summed E-state index contributed by atoms with van der Waals surface area (Å²) in [5, 5.41) is 6.55. The lowest BCUT2D eigenvalue weighted by atomic mass is 9.78. The van der Waals surface area contributed by atoms with Gasteiger partial charge in [-0.1, -0.05) is 13.8 Å². The normalized spacial score (nSPS) is 23.4. The van der Waals surface area contributed by atoms with Gasteiger partial charge in [0.2, 0.25) is 5.91 Å². The number of amides is 1. The summed E-state index contributed by atoms with van der Waals surface area (Å²) in [6, 6.07) is 0. The summed E-state index contributed by atoms with van der Waals surface area (Å²) in [6.07, 6.45) is 2.94. The van der Waals surface area contributed by atoms with Gasteiger partial charge in [-0.3, -0.25) is 4.79 Å². The number of ether oxygens (including phenoxy) is 1. The van der Waals surface area contributed by atoms with E-state index in [0.29, 0.717) is 18.4 Å². The maximum Gasteiger partial charge on any atom is 0.228 e. The number of hydrogen-bond acceptors (Lipinski definition) is 4. The summed E-state index contributed by atoms with van der Waals surface area (Å²) in [5.41, 5.74) is -0.323. The molecule has 0 aromatic rings. The number of carbonyl (C=O) groups excluding carboxylic acids is 1. The Labute approximate surface area is 159 Å². The van der Waals surface area contributed by atoms with E-state index in [0.717, 1.165) is 39.0 Å². The van der Waals surface area contributed by atoms with E-state index in [2.05, 4.69) is 29.4 Å². The molecule has 2 aliphatic heterocycles. The van der Waals surface area contributed by atoms with E-state index in [9.17, 15) is 4.79 Å². The van der Waals surface area contributed by atoms with Crippen LogP contribution in [0.1, 0.15) is 33.1 Å². The Morgan fingerprint density at radius 2 is 2.00 bits per heavy atom. The van der Waals surface area contributed by atoms with Crippen LogP contribution in [-0.4, -0.2) is 63.8 Å². The van der Waals surface area contributed by atoms with E-state index in [1.807, 2.05) is 0 Å². The topological polar surface area (TPSA) is 53.6 Å². The number of piperidine rings is 1. The van der Waals surface area contributed by atoms with Crippen molar-refractivity contribution in [2.45, 2.75) is 33.1 Å². The number of hydrogen-bond donors (Lipinski definition) is 2. The SMILES string of the molecule is COCC1(C(=O)NCC2CCN(CC(C)C)C2)CCNCC1.Cl.Cl. The van der Waals surface area contributed by atoms with Gasteiger partial charge in [-0.2, -0.15) is 0 Å². The van der Waals surface area contributed by atoms with Gasteiger partial charge in [0.1, 0.15) is 0 Å². The first-order chi connectivity index (χ1) is 10.6. The van der Waals surface area contributed by atoms with Crippen molar-refractivity contribution in [3.63, 3.8) is 0 Å². The molecule has 7 heteroatoms. The van der Waals surface area contributed by atoms with E-state index >= 15 is 0 Å². The molecule has 2 heterocycles. The highest BCUT2D eigenvalue weighted by atomic mass is 35.5. The van der Waals surface area contributed by atoms with Crippen molar-refractivity contribution in [2.75, 3.05) is 53.0 Å². The van der Waals surface area contributed by atoms with Gasteiger partial charge < -0.3 is 20.3 Å². The van der Waals surface area contributed by atoms with Crippen LogP contribution < -0.4 is 10.6 Å². The number of nitrogens with one attached hydrogen (secondary N) is 2. The van der Waals surface area contributed by atoms with Gasteiger partial charge in [0.05, 0.1) is 12.0 Å². The third-order valence-corrected chi connectivity index (χ3v) is 5.01. The van der Waals surface area contributed by atoms with E-state index in [1.165, 1.54) is 19.5 Å². The van der Waals surface area contributed by atoms with Crippen molar-refractivity contribution >= 4 is 30.7 Å². The molecule has 1 atom stereocenters. The van der Waals surface area contributed by atoms with Crippen LogP contribution >= 0.6 is 24.8 Å². The first kappa shape index (κ1) is 23.9. The average molecular weight is 384 g/mol. The van der Waals surface area contributed by atoms with E-state index < -0.39 is 0 Å². The molecular formula is C17H35Cl2N3O2. The molecule has 0 aliphatic carbocycles. The second kappa shape index (κ2) is 11.5. The van der Waals surface area contributed by atoms with Crippen LogP contribution in [0.15, 0.2) is 0 Å². The summed E-state index contributed by atoms with van der Waals surface area (Å²) in [4.78, 5) is 15.2. The van der Waals surface area contributed by atoms with Gasteiger partial charge >= 0.3 is 0 Å². The lowest BCUT2D eigenvalue weighted by Crippen LogP contribution is -2.51. The number of halogens is 2. The molecule has 2 N–H and O–H groups in total. The highest BCUT2D eigenvalue weighted by Gasteiger charge is 2.39. The molecule has 0 aromatic heterocycles. The third kappa shape index (κ3) is 6.68. The van der Waals surface area contributed by atoms with E-state index in [1.54, 1.807) is 7.11 Å². The Hall–Kier alpha value is -0.0700. The Balaban J connectivity index is 0.00000264. The third-order valence-electron chi connectivity index (χ3n) is 5.01. The van der Waals surface area contributed by atoms with Gasteiger partial charge in [-0.15, -0.1) is 24.8 Å². The minimum Gasteiger partial charge on any atom is -0.384 e. The lowest BCUT2D eigenvalue weighted by molar-refractivity contribution is -0.136. The number of rotatable bonds is 7. The quantitative estimate of drug-likeness (QED) is 0.705. The molecular weight excluding hydrogens is 349 g/mol. The van der Waals surface area contributed by atoms with Crippen molar-refractivity contribution in [1.82, 2.24) is 15.5 Å². The summed E-state index contributed by atoms with van der Waals surface area (Å²) in [7, 11) is 1.69. The standard InChI is InChI=1S/C17H33N3O2.2ClH/c1-14(2)11-20-9-4-15(12-20)10-19-16(21)17(13-22-3)5-7-18-8-6-17;;/h14-15,18H,4-13H2,1-3H3,(H,19,21);2*1H. The molecule has 5 nitrogen and oxygen atoms in total. The van der Waals surface area contributed by atoms with E-state index in [-0.39, 0.29) is 36.1 Å². The second-order valence-corrected chi connectivity index (χ2v) is 7.48. The van der Waals surface area contributed by atoms with Crippen molar-refractivity contribution in [2.24, 2.45) is 17.3 Å². The zero-order valence-electron chi connectivity index (χ0n) is 15.3. The van der Waals surface area contributed by atoms with Gasteiger partial charge in [0, 0.05) is 26.7 Å². The minimum absolute atomic E-state index is 0. The van der Waals surface area contributed by atoms with Gasteiger partial charge in [0.15, 0.2) is 0 Å². The maximum absolute atomic E-state index is 12.7. The summed E-state index contributed by atoms with van der Waals surface area (Å²) < 4.78 is 5.34. The van der Waals surface area contributed by atoms with Gasteiger partial charge in [0.25, 0.3) is 0 Å². The van der Waals surface area contributed by atoms with Crippen LogP contribution in [0.5, 0.6) is 0 Å². The largest absolute Gasteiger partial charge is 0.384 e. The first-order valence-corrected chi connectivity index (χ1v) is 8.76. The van der Waals surface area contributed by atoms with Crippen LogP contribution in [0.3, 0.4) is 0 Å². The molecule has 1 unspecified atom stereocenters. The highest BCUT2D eigenvalue weighted by molar-refractivity contribution is 5.85. The van der Waals surface area contributed by atoms with Gasteiger partial charge in [-0.25, -0.2) is 0 Å². The fourth-order valence-corrected chi connectivity index (χ4v) is 3.80. The molecule has 2 rings (SSSR count). The molecule has 0 spiro atoms.